The van der Waals surface area contributed by atoms with E-state index in [4.69, 9.17) is 4.98 Å². The van der Waals surface area contributed by atoms with E-state index in [0.29, 0.717) is 0 Å². The van der Waals surface area contributed by atoms with Crippen LogP contribution in [0.25, 0.3) is 66.9 Å². The molecule has 0 amide bonds. The van der Waals surface area contributed by atoms with Gasteiger partial charge in [0.05, 0.1) is 33.4 Å². The van der Waals surface area contributed by atoms with Gasteiger partial charge in [0, 0.05) is 53.2 Å². The van der Waals surface area contributed by atoms with Crippen molar-refractivity contribution in [2.45, 2.75) is 0 Å². The third-order valence-electron chi connectivity index (χ3n) is 7.63. The summed E-state index contributed by atoms with van der Waals surface area (Å²) in [7, 11) is 2.08. The first-order chi connectivity index (χ1) is 19.7. The van der Waals surface area contributed by atoms with Crippen LogP contribution in [0.4, 0.5) is 0 Å². The van der Waals surface area contributed by atoms with Crippen LogP contribution in [0.5, 0.6) is 0 Å². The molecule has 0 aliphatic carbocycles. The number of aromatic nitrogens is 6. The molecule has 6 nitrogen and oxygen atoms in total. The molecular formula is C34H24N6. The molecule has 8 aromatic rings. The third kappa shape index (κ3) is 3.47. The lowest BCUT2D eigenvalue weighted by Gasteiger charge is -2.11. The normalized spacial score (nSPS) is 11.6. The Morgan fingerprint density at radius 1 is 0.600 bits per heavy atom. The van der Waals surface area contributed by atoms with Crippen molar-refractivity contribution in [2.24, 2.45) is 7.05 Å². The zero-order chi connectivity index (χ0) is 26.6. The Labute approximate surface area is 230 Å². The molecule has 4 aromatic carbocycles. The van der Waals surface area contributed by atoms with Crippen LogP contribution in [-0.2, 0) is 7.05 Å². The van der Waals surface area contributed by atoms with Gasteiger partial charge in [0.15, 0.2) is 0 Å². The first-order valence-corrected chi connectivity index (χ1v) is 13.3. The zero-order valence-electron chi connectivity index (χ0n) is 21.8. The molecule has 4 aromatic heterocycles. The van der Waals surface area contributed by atoms with Crippen molar-refractivity contribution in [3.63, 3.8) is 0 Å². The van der Waals surface area contributed by atoms with Gasteiger partial charge >= 0.3 is 0 Å². The first-order valence-electron chi connectivity index (χ1n) is 13.3. The molecule has 0 aliphatic rings. The van der Waals surface area contributed by atoms with E-state index in [-0.39, 0.29) is 0 Å². The van der Waals surface area contributed by atoms with E-state index in [1.807, 2.05) is 41.3 Å². The first kappa shape index (κ1) is 22.5. The van der Waals surface area contributed by atoms with E-state index in [1.165, 1.54) is 16.3 Å². The number of hydrogen-bond acceptors (Lipinski definition) is 3. The SMILES string of the molecule is Cn1c(-c2ccc3c4ccccc4n(-c4cccc(-c5ccccn5)c4)c3c2)nc2ccc(-n3cccn3)cc21. The lowest BCUT2D eigenvalue weighted by Crippen LogP contribution is -1.97. The van der Waals surface area contributed by atoms with Crippen molar-refractivity contribution < 1.29 is 0 Å². The number of pyridine rings is 1. The molecular weight excluding hydrogens is 492 g/mol. The van der Waals surface area contributed by atoms with Crippen molar-refractivity contribution in [1.82, 2.24) is 28.9 Å². The highest BCUT2D eigenvalue weighted by Crippen LogP contribution is 2.36. The van der Waals surface area contributed by atoms with Gasteiger partial charge in [-0.2, -0.15) is 5.10 Å². The Kier molecular flexibility index (Phi) is 4.94. The minimum atomic E-state index is 0.925. The largest absolute Gasteiger partial charge is 0.327 e. The van der Waals surface area contributed by atoms with Gasteiger partial charge in [-0.25, -0.2) is 9.67 Å². The van der Waals surface area contributed by atoms with Crippen LogP contribution in [0.1, 0.15) is 0 Å². The molecule has 0 bridgehead atoms. The number of aryl methyl sites for hydroxylation is 1. The Hall–Kier alpha value is -5.49. The van der Waals surface area contributed by atoms with Gasteiger partial charge in [0.1, 0.15) is 5.82 Å². The highest BCUT2D eigenvalue weighted by atomic mass is 15.3. The van der Waals surface area contributed by atoms with Crippen LogP contribution < -0.4 is 0 Å². The predicted molar refractivity (Wildman–Crippen MR) is 161 cm³/mol. The van der Waals surface area contributed by atoms with E-state index >= 15 is 0 Å². The van der Waals surface area contributed by atoms with Crippen LogP contribution in [0.3, 0.4) is 0 Å². The Balaban J connectivity index is 1.33. The zero-order valence-corrected chi connectivity index (χ0v) is 21.8. The van der Waals surface area contributed by atoms with Crippen molar-refractivity contribution in [3.8, 4) is 34.0 Å². The van der Waals surface area contributed by atoms with Crippen molar-refractivity contribution in [2.75, 3.05) is 0 Å². The molecule has 0 aliphatic heterocycles. The van der Waals surface area contributed by atoms with Gasteiger partial charge in [0.25, 0.3) is 0 Å². The molecule has 0 unspecified atom stereocenters. The Bertz CT molecular complexity index is 2170. The summed E-state index contributed by atoms with van der Waals surface area (Å²) >= 11 is 0. The molecule has 0 saturated carbocycles. The fourth-order valence-electron chi connectivity index (χ4n) is 5.73. The quantitative estimate of drug-likeness (QED) is 0.242. The molecule has 40 heavy (non-hydrogen) atoms. The highest BCUT2D eigenvalue weighted by Gasteiger charge is 2.16. The van der Waals surface area contributed by atoms with Crippen LogP contribution in [-0.4, -0.2) is 28.9 Å². The molecule has 0 spiro atoms. The number of rotatable bonds is 4. The second kappa shape index (κ2) is 8.78. The number of hydrogen-bond donors (Lipinski definition) is 0. The van der Waals surface area contributed by atoms with Crippen molar-refractivity contribution in [3.05, 3.63) is 128 Å². The fraction of sp³-hybridized carbons (Fsp3) is 0.0294. The fourth-order valence-corrected chi connectivity index (χ4v) is 5.73. The maximum absolute atomic E-state index is 5.04. The van der Waals surface area contributed by atoms with E-state index in [1.54, 1.807) is 6.20 Å². The van der Waals surface area contributed by atoms with E-state index in [2.05, 4.69) is 111 Å². The summed E-state index contributed by atoms with van der Waals surface area (Å²) < 4.78 is 6.38. The Morgan fingerprint density at radius 3 is 2.38 bits per heavy atom. The summed E-state index contributed by atoms with van der Waals surface area (Å²) in [5.74, 6) is 0.925. The minimum absolute atomic E-state index is 0.925. The van der Waals surface area contributed by atoms with Gasteiger partial charge in [-0.3, -0.25) is 4.98 Å². The molecule has 6 heteroatoms. The monoisotopic (exact) mass is 516 g/mol. The summed E-state index contributed by atoms with van der Waals surface area (Å²) in [4.78, 5) is 9.61. The van der Waals surface area contributed by atoms with Crippen molar-refractivity contribution in [1.29, 1.82) is 0 Å². The van der Waals surface area contributed by atoms with Crippen LogP contribution >= 0.6 is 0 Å². The molecule has 4 heterocycles. The number of nitrogens with zero attached hydrogens (tertiary/aromatic N) is 6. The maximum atomic E-state index is 5.04. The second-order valence-electron chi connectivity index (χ2n) is 9.97. The molecule has 0 fully saturated rings. The highest BCUT2D eigenvalue weighted by molar-refractivity contribution is 6.10. The molecule has 0 N–H and O–H groups in total. The molecule has 8 rings (SSSR count). The maximum Gasteiger partial charge on any atom is 0.140 e. The van der Waals surface area contributed by atoms with E-state index in [9.17, 15) is 0 Å². The van der Waals surface area contributed by atoms with Crippen LogP contribution in [0.2, 0.25) is 0 Å². The molecule has 0 saturated heterocycles. The summed E-state index contributed by atoms with van der Waals surface area (Å²) in [5.41, 5.74) is 9.54. The second-order valence-corrected chi connectivity index (χ2v) is 9.97. The molecule has 190 valence electrons. The number of fused-ring (bicyclic) bond motifs is 4. The van der Waals surface area contributed by atoms with Crippen LogP contribution in [0, 0.1) is 0 Å². The van der Waals surface area contributed by atoms with Gasteiger partial charge in [-0.05, 0) is 60.7 Å². The number of imidazole rings is 1. The average Bonchev–Trinajstić information content (AvgIpc) is 3.74. The standard InChI is InChI=1S/C34H24N6/c1-38-33-22-25(39-19-7-18-36-39)14-16-30(33)37-34(38)24-13-15-28-27-10-2-3-12-31(27)40(32(28)21-24)26-9-6-8-23(20-26)29-11-4-5-17-35-29/h2-22H,1H3. The Morgan fingerprint density at radius 2 is 1.50 bits per heavy atom. The topological polar surface area (TPSA) is 53.5 Å². The summed E-state index contributed by atoms with van der Waals surface area (Å²) in [6, 6.07) is 38.1. The number of para-hydroxylation sites is 1. The number of benzene rings is 4. The lowest BCUT2D eigenvalue weighted by atomic mass is 10.1. The molecule has 0 atom stereocenters. The molecule has 0 radical (unpaired) electrons. The third-order valence-corrected chi connectivity index (χ3v) is 7.63. The van der Waals surface area contributed by atoms with E-state index in [0.717, 1.165) is 50.6 Å². The van der Waals surface area contributed by atoms with Gasteiger partial charge in [-0.15, -0.1) is 0 Å². The average molecular weight is 517 g/mol. The van der Waals surface area contributed by atoms with Crippen LogP contribution in [0.15, 0.2) is 128 Å². The van der Waals surface area contributed by atoms with Gasteiger partial charge in [-0.1, -0.05) is 48.5 Å². The summed E-state index contributed by atoms with van der Waals surface area (Å²) in [5, 5.41) is 6.82. The van der Waals surface area contributed by atoms with Gasteiger partial charge in [0.2, 0.25) is 0 Å². The van der Waals surface area contributed by atoms with Crippen molar-refractivity contribution >= 4 is 32.8 Å². The smallest absolute Gasteiger partial charge is 0.140 e. The lowest BCUT2D eigenvalue weighted by molar-refractivity contribution is 0.879. The summed E-state index contributed by atoms with van der Waals surface area (Å²) in [6.07, 6.45) is 5.58. The van der Waals surface area contributed by atoms with E-state index < -0.39 is 0 Å². The van der Waals surface area contributed by atoms with Gasteiger partial charge < -0.3 is 9.13 Å². The summed E-state index contributed by atoms with van der Waals surface area (Å²) in [6.45, 7) is 0. The minimum Gasteiger partial charge on any atom is -0.327 e. The predicted octanol–water partition coefficient (Wildman–Crippen LogP) is 7.59.